The Kier molecular flexibility index (Phi) is 8.10. The Balaban J connectivity index is 1.64. The first-order valence-electron chi connectivity index (χ1n) is 10.7. The van der Waals surface area contributed by atoms with Crippen molar-refractivity contribution < 1.29 is 4.79 Å². The molecular weight excluding hydrogens is 396 g/mol. The van der Waals surface area contributed by atoms with Crippen LogP contribution in [-0.4, -0.2) is 46.8 Å². The lowest BCUT2D eigenvalue weighted by atomic mass is 9.97. The molecule has 3 rings (SSSR count). The zero-order valence-electron chi connectivity index (χ0n) is 18.2. The normalized spacial score (nSPS) is 13.3. The molecule has 1 N–H and O–H groups in total. The molecule has 2 aromatic rings. The third kappa shape index (κ3) is 6.19. The number of nitrogens with one attached hydrogen (secondary N) is 1. The van der Waals surface area contributed by atoms with Crippen molar-refractivity contribution >= 4 is 17.7 Å². The van der Waals surface area contributed by atoms with E-state index in [2.05, 4.69) is 15.2 Å². The molecule has 0 saturated carbocycles. The summed E-state index contributed by atoms with van der Waals surface area (Å²) in [6.07, 6.45) is 4.99. The van der Waals surface area contributed by atoms with E-state index in [-0.39, 0.29) is 17.3 Å². The number of fused-ring (bicyclic) bond motifs is 1. The highest BCUT2D eigenvalue weighted by molar-refractivity contribution is 7.99. The number of hydrogen-bond acceptors (Lipinski definition) is 5. The lowest BCUT2D eigenvalue weighted by Gasteiger charge is -2.23. The van der Waals surface area contributed by atoms with Crippen LogP contribution in [0.25, 0.3) is 0 Å². The smallest absolute Gasteiger partial charge is 0.348 e. The molecule has 162 valence electrons. The van der Waals surface area contributed by atoms with Crippen LogP contribution in [0.5, 0.6) is 0 Å². The van der Waals surface area contributed by atoms with Crippen molar-refractivity contribution in [3.63, 3.8) is 0 Å². The van der Waals surface area contributed by atoms with E-state index in [1.54, 1.807) is 0 Å². The molecule has 0 spiro atoms. The number of hydrogen-bond donors (Lipinski definition) is 1. The number of nitrogens with zero attached hydrogens (tertiary/aromatic N) is 3. The van der Waals surface area contributed by atoms with Crippen LogP contribution in [0.15, 0.2) is 34.1 Å². The molecule has 7 heteroatoms. The van der Waals surface area contributed by atoms with Crippen molar-refractivity contribution in [1.82, 2.24) is 19.8 Å². The molecule has 1 aliphatic rings. The van der Waals surface area contributed by atoms with E-state index in [0.717, 1.165) is 54.9 Å². The predicted octanol–water partition coefficient (Wildman–Crippen LogP) is 2.79. The van der Waals surface area contributed by atoms with Crippen LogP contribution in [0, 0.1) is 6.92 Å². The molecule has 30 heavy (non-hydrogen) atoms. The molecule has 1 amide bonds. The monoisotopic (exact) mass is 428 g/mol. The van der Waals surface area contributed by atoms with Crippen molar-refractivity contribution in [2.24, 2.45) is 0 Å². The molecule has 1 aliphatic carbocycles. The Morgan fingerprint density at radius 3 is 2.67 bits per heavy atom. The van der Waals surface area contributed by atoms with E-state index in [0.29, 0.717) is 13.1 Å². The lowest BCUT2D eigenvalue weighted by Crippen LogP contribution is -2.31. The van der Waals surface area contributed by atoms with E-state index in [1.165, 1.54) is 22.9 Å². The van der Waals surface area contributed by atoms with Crippen molar-refractivity contribution in [2.45, 2.75) is 57.1 Å². The van der Waals surface area contributed by atoms with Crippen LogP contribution in [0.4, 0.5) is 0 Å². The van der Waals surface area contributed by atoms with Crippen molar-refractivity contribution in [3.05, 3.63) is 57.1 Å². The standard InChI is InChI=1S/C23H32N4O2S/c1-17-9-11-18(12-10-17)15-24-21(28)16-30-22-19-7-4-5-8-20(19)27(23(29)25-22)14-6-13-26(2)3/h9-12H,4-8,13-16H2,1-3H3,(H,24,28). The number of amides is 1. The van der Waals surface area contributed by atoms with Crippen molar-refractivity contribution in [2.75, 3.05) is 26.4 Å². The molecule has 0 bridgehead atoms. The fraction of sp³-hybridized carbons (Fsp3) is 0.522. The summed E-state index contributed by atoms with van der Waals surface area (Å²) < 4.78 is 1.86. The van der Waals surface area contributed by atoms with Crippen molar-refractivity contribution in [3.8, 4) is 0 Å². The average Bonchev–Trinajstić information content (AvgIpc) is 2.73. The van der Waals surface area contributed by atoms with Gasteiger partial charge in [-0.15, -0.1) is 0 Å². The number of carbonyl (C=O) groups is 1. The number of benzene rings is 1. The number of aromatic nitrogens is 2. The summed E-state index contributed by atoms with van der Waals surface area (Å²) in [6, 6.07) is 8.13. The zero-order chi connectivity index (χ0) is 21.5. The van der Waals surface area contributed by atoms with Gasteiger partial charge < -0.3 is 10.2 Å². The summed E-state index contributed by atoms with van der Waals surface area (Å²) >= 11 is 1.39. The molecule has 1 aromatic carbocycles. The minimum absolute atomic E-state index is 0.0397. The maximum absolute atomic E-state index is 12.7. The zero-order valence-corrected chi connectivity index (χ0v) is 19.1. The molecular formula is C23H32N4O2S. The van der Waals surface area contributed by atoms with Gasteiger partial charge >= 0.3 is 5.69 Å². The summed E-state index contributed by atoms with van der Waals surface area (Å²) in [5.74, 6) is 0.233. The second kappa shape index (κ2) is 10.8. The van der Waals surface area contributed by atoms with E-state index < -0.39 is 0 Å². The van der Waals surface area contributed by atoms with Gasteiger partial charge in [-0.3, -0.25) is 9.36 Å². The van der Waals surface area contributed by atoms with E-state index in [1.807, 2.05) is 49.9 Å². The summed E-state index contributed by atoms with van der Waals surface area (Å²) in [7, 11) is 4.08. The van der Waals surface area contributed by atoms with Gasteiger partial charge in [-0.25, -0.2) is 4.79 Å². The Bertz CT molecular complexity index is 922. The third-order valence-corrected chi connectivity index (χ3v) is 6.41. The van der Waals surface area contributed by atoms with E-state index in [4.69, 9.17) is 0 Å². The van der Waals surface area contributed by atoms with Gasteiger partial charge in [-0.1, -0.05) is 41.6 Å². The Morgan fingerprint density at radius 1 is 1.20 bits per heavy atom. The minimum Gasteiger partial charge on any atom is -0.351 e. The van der Waals surface area contributed by atoms with Crippen LogP contribution in [-0.2, 0) is 30.7 Å². The first kappa shape index (κ1) is 22.6. The number of rotatable bonds is 9. The molecule has 0 unspecified atom stereocenters. The Morgan fingerprint density at radius 2 is 1.93 bits per heavy atom. The Hall–Kier alpha value is -2.12. The van der Waals surface area contributed by atoms with Gasteiger partial charge in [0.2, 0.25) is 5.91 Å². The van der Waals surface area contributed by atoms with Gasteiger partial charge in [0, 0.05) is 24.3 Å². The van der Waals surface area contributed by atoms with E-state index >= 15 is 0 Å². The van der Waals surface area contributed by atoms with Crippen LogP contribution < -0.4 is 11.0 Å². The van der Waals surface area contributed by atoms with Gasteiger partial charge in [0.25, 0.3) is 0 Å². The summed E-state index contributed by atoms with van der Waals surface area (Å²) in [5.41, 5.74) is 4.39. The van der Waals surface area contributed by atoms with Gasteiger partial charge in [-0.2, -0.15) is 4.98 Å². The van der Waals surface area contributed by atoms with Crippen LogP contribution in [0.2, 0.25) is 0 Å². The SMILES string of the molecule is Cc1ccc(CNC(=O)CSc2nc(=O)n(CCCN(C)C)c3c2CCCC3)cc1. The highest BCUT2D eigenvalue weighted by atomic mass is 32.2. The highest BCUT2D eigenvalue weighted by Crippen LogP contribution is 2.28. The highest BCUT2D eigenvalue weighted by Gasteiger charge is 2.21. The number of carbonyl (C=O) groups excluding carboxylic acids is 1. The second-order valence-corrected chi connectivity index (χ2v) is 9.16. The minimum atomic E-state index is -0.183. The van der Waals surface area contributed by atoms with Gasteiger partial charge in [0.05, 0.1) is 5.75 Å². The number of aryl methyl sites for hydroxylation is 1. The lowest BCUT2D eigenvalue weighted by molar-refractivity contribution is -0.118. The summed E-state index contributed by atoms with van der Waals surface area (Å²) in [6.45, 7) is 4.20. The molecule has 0 fully saturated rings. The molecule has 0 radical (unpaired) electrons. The van der Waals surface area contributed by atoms with Gasteiger partial charge in [0.1, 0.15) is 5.03 Å². The van der Waals surface area contributed by atoms with E-state index in [9.17, 15) is 9.59 Å². The fourth-order valence-electron chi connectivity index (χ4n) is 3.73. The quantitative estimate of drug-likeness (QED) is 0.491. The fourth-order valence-corrected chi connectivity index (χ4v) is 4.64. The average molecular weight is 429 g/mol. The van der Waals surface area contributed by atoms with Gasteiger partial charge in [0.15, 0.2) is 0 Å². The molecule has 6 nitrogen and oxygen atoms in total. The van der Waals surface area contributed by atoms with Crippen molar-refractivity contribution in [1.29, 1.82) is 0 Å². The summed E-state index contributed by atoms with van der Waals surface area (Å²) in [5, 5.41) is 3.70. The topological polar surface area (TPSA) is 67.2 Å². The Labute approximate surface area is 183 Å². The molecule has 1 aromatic heterocycles. The maximum Gasteiger partial charge on any atom is 0.348 e. The number of thioether (sulfide) groups is 1. The molecule has 1 heterocycles. The second-order valence-electron chi connectivity index (χ2n) is 8.19. The third-order valence-electron chi connectivity index (χ3n) is 5.39. The van der Waals surface area contributed by atoms with Gasteiger partial charge in [-0.05, 0) is 65.2 Å². The maximum atomic E-state index is 12.7. The largest absolute Gasteiger partial charge is 0.351 e. The van der Waals surface area contributed by atoms with Crippen LogP contribution in [0.1, 0.15) is 41.6 Å². The predicted molar refractivity (Wildman–Crippen MR) is 122 cm³/mol. The molecule has 0 saturated heterocycles. The van der Waals surface area contributed by atoms with Crippen LogP contribution in [0.3, 0.4) is 0 Å². The van der Waals surface area contributed by atoms with Crippen LogP contribution >= 0.6 is 11.8 Å². The molecule has 0 aliphatic heterocycles. The first-order valence-corrected chi connectivity index (χ1v) is 11.6. The first-order chi connectivity index (χ1) is 14.4. The summed E-state index contributed by atoms with van der Waals surface area (Å²) in [4.78, 5) is 31.5. The molecule has 0 atom stereocenters.